The van der Waals surface area contributed by atoms with E-state index in [1.165, 1.54) is 13.0 Å². The fourth-order valence-electron chi connectivity index (χ4n) is 1.05. The van der Waals surface area contributed by atoms with E-state index in [0.29, 0.717) is 5.56 Å². The maximum atomic E-state index is 11.8. The summed E-state index contributed by atoms with van der Waals surface area (Å²) in [5.74, 6) is -0.209. The quantitative estimate of drug-likeness (QED) is 0.724. The molecule has 0 fully saturated rings. The molecule has 1 heterocycles. The molecule has 0 unspecified atom stereocenters. The van der Waals surface area contributed by atoms with Gasteiger partial charge in [0.05, 0.1) is 0 Å². The van der Waals surface area contributed by atoms with Crippen LogP contribution in [0.2, 0.25) is 0 Å². The fourth-order valence-corrected chi connectivity index (χ4v) is 1.05. The van der Waals surface area contributed by atoms with Crippen molar-refractivity contribution < 1.29 is 28.0 Å². The molecule has 0 saturated heterocycles. The highest BCUT2D eigenvalue weighted by Crippen LogP contribution is 2.16. The maximum absolute atomic E-state index is 11.8. The van der Waals surface area contributed by atoms with E-state index in [2.05, 4.69) is 9.72 Å². The Morgan fingerprint density at radius 1 is 1.44 bits per heavy atom. The molecule has 1 aromatic heterocycles. The number of rotatable bonds is 3. The number of nitrogens with zero attached hydrogens (tertiary/aromatic N) is 1. The van der Waals surface area contributed by atoms with Crippen LogP contribution in [-0.4, -0.2) is 34.9 Å². The predicted octanol–water partition coefficient (Wildman–Crippen LogP) is 0.0109. The van der Waals surface area contributed by atoms with Crippen LogP contribution in [0, 0.1) is 6.92 Å². The minimum atomic E-state index is -4.43. The van der Waals surface area contributed by atoms with Crippen molar-refractivity contribution in [1.82, 2.24) is 4.98 Å². The van der Waals surface area contributed by atoms with Gasteiger partial charge in [-0.15, -0.1) is 0 Å². The van der Waals surface area contributed by atoms with Crippen LogP contribution < -0.4 is 10.2 Å². The number of hydrogen-bond donors (Lipinski definition) is 2. The van der Waals surface area contributed by atoms with Gasteiger partial charge >= 0.3 is 13.3 Å². The Labute approximate surface area is 89.8 Å². The largest absolute Gasteiger partial charge is 0.490 e. The zero-order valence-electron chi connectivity index (χ0n) is 8.32. The maximum Gasteiger partial charge on any atom is 0.490 e. The predicted molar refractivity (Wildman–Crippen MR) is 50.3 cm³/mol. The molecule has 0 bridgehead atoms. The highest BCUT2D eigenvalue weighted by Gasteiger charge is 2.28. The number of ether oxygens (including phenoxy) is 1. The molecule has 1 rings (SSSR count). The minimum Gasteiger partial charge on any atom is -0.468 e. The standard InChI is InChI=1S/C8H9BF3NO3/c1-5-2-7(16-4-8(10,11)12)13-3-6(5)9(14)15/h2-3,14-15H,4H2,1H3. The van der Waals surface area contributed by atoms with E-state index >= 15 is 0 Å². The summed E-state index contributed by atoms with van der Waals surface area (Å²) < 4.78 is 39.8. The molecule has 1 aromatic rings. The van der Waals surface area contributed by atoms with Crippen molar-refractivity contribution in [1.29, 1.82) is 0 Å². The molecule has 0 amide bonds. The number of alkyl halides is 3. The van der Waals surface area contributed by atoms with Gasteiger partial charge in [-0.1, -0.05) is 0 Å². The molecule has 16 heavy (non-hydrogen) atoms. The van der Waals surface area contributed by atoms with Crippen molar-refractivity contribution in [3.8, 4) is 5.88 Å². The van der Waals surface area contributed by atoms with Crippen LogP contribution in [0.25, 0.3) is 0 Å². The summed E-state index contributed by atoms with van der Waals surface area (Å²) in [5.41, 5.74) is 0.515. The Balaban J connectivity index is 2.74. The first-order chi connectivity index (χ1) is 7.29. The van der Waals surface area contributed by atoms with Crippen molar-refractivity contribution in [2.45, 2.75) is 13.1 Å². The number of aryl methyl sites for hydroxylation is 1. The SMILES string of the molecule is Cc1cc(OCC(F)(F)F)ncc1B(O)O. The second kappa shape index (κ2) is 4.71. The topological polar surface area (TPSA) is 62.6 Å². The highest BCUT2D eigenvalue weighted by atomic mass is 19.4. The molecular weight excluding hydrogens is 226 g/mol. The molecule has 0 saturated carbocycles. The van der Waals surface area contributed by atoms with Crippen molar-refractivity contribution in [3.05, 3.63) is 17.8 Å². The third-order valence-corrected chi connectivity index (χ3v) is 1.79. The van der Waals surface area contributed by atoms with Crippen LogP contribution in [0.1, 0.15) is 5.56 Å². The van der Waals surface area contributed by atoms with Gasteiger partial charge in [0.1, 0.15) is 0 Å². The molecule has 0 spiro atoms. The molecule has 0 aliphatic heterocycles. The Kier molecular flexibility index (Phi) is 3.76. The average Bonchev–Trinajstić information content (AvgIpc) is 2.13. The van der Waals surface area contributed by atoms with Gasteiger partial charge in [0, 0.05) is 17.7 Å². The van der Waals surface area contributed by atoms with Crippen molar-refractivity contribution in [3.63, 3.8) is 0 Å². The second-order valence-corrected chi connectivity index (χ2v) is 3.16. The first-order valence-electron chi connectivity index (χ1n) is 4.32. The van der Waals surface area contributed by atoms with Gasteiger partial charge in [0.15, 0.2) is 6.61 Å². The van der Waals surface area contributed by atoms with Crippen molar-refractivity contribution in [2.75, 3.05) is 6.61 Å². The Hall–Kier alpha value is -1.28. The zero-order valence-corrected chi connectivity index (χ0v) is 8.32. The average molecular weight is 235 g/mol. The Morgan fingerprint density at radius 2 is 2.06 bits per heavy atom. The molecule has 4 nitrogen and oxygen atoms in total. The summed E-state index contributed by atoms with van der Waals surface area (Å²) in [7, 11) is -1.70. The van der Waals surface area contributed by atoms with E-state index in [4.69, 9.17) is 10.0 Å². The lowest BCUT2D eigenvalue weighted by Crippen LogP contribution is -2.32. The minimum absolute atomic E-state index is 0.124. The molecular formula is C8H9BF3NO3. The molecule has 88 valence electrons. The van der Waals surface area contributed by atoms with Crippen LogP contribution in [0.3, 0.4) is 0 Å². The van der Waals surface area contributed by atoms with Gasteiger partial charge < -0.3 is 14.8 Å². The Morgan fingerprint density at radius 3 is 2.50 bits per heavy atom. The molecule has 0 radical (unpaired) electrons. The van der Waals surface area contributed by atoms with Crippen LogP contribution >= 0.6 is 0 Å². The summed E-state index contributed by atoms with van der Waals surface area (Å²) in [6.07, 6.45) is -3.36. The lowest BCUT2D eigenvalue weighted by Gasteiger charge is -2.10. The van der Waals surface area contributed by atoms with E-state index in [9.17, 15) is 13.2 Å². The first kappa shape index (κ1) is 12.8. The molecule has 0 aromatic carbocycles. The lowest BCUT2D eigenvalue weighted by atomic mass is 9.79. The van der Waals surface area contributed by atoms with Crippen LogP contribution in [0.15, 0.2) is 12.3 Å². The lowest BCUT2D eigenvalue weighted by molar-refractivity contribution is -0.154. The van der Waals surface area contributed by atoms with Gasteiger partial charge in [0.2, 0.25) is 5.88 Å². The van der Waals surface area contributed by atoms with E-state index in [0.717, 1.165) is 6.20 Å². The normalized spacial score (nSPS) is 11.4. The van der Waals surface area contributed by atoms with Crippen molar-refractivity contribution in [2.24, 2.45) is 0 Å². The summed E-state index contributed by atoms with van der Waals surface area (Å²) in [5, 5.41) is 17.7. The van der Waals surface area contributed by atoms with Gasteiger partial charge in [-0.25, -0.2) is 4.98 Å². The number of pyridine rings is 1. The van der Waals surface area contributed by atoms with Gasteiger partial charge in [-0.3, -0.25) is 0 Å². The summed E-state index contributed by atoms with van der Waals surface area (Å²) in [6, 6.07) is 1.21. The van der Waals surface area contributed by atoms with E-state index < -0.39 is 19.9 Å². The highest BCUT2D eigenvalue weighted by molar-refractivity contribution is 6.59. The molecule has 8 heteroatoms. The molecule has 0 aliphatic carbocycles. The van der Waals surface area contributed by atoms with E-state index in [1.807, 2.05) is 0 Å². The summed E-state index contributed by atoms with van der Waals surface area (Å²) in [4.78, 5) is 3.52. The number of hydrogen-bond acceptors (Lipinski definition) is 4. The van der Waals surface area contributed by atoms with Gasteiger partial charge in [-0.05, 0) is 12.5 Å². The van der Waals surface area contributed by atoms with E-state index in [-0.39, 0.29) is 11.3 Å². The zero-order chi connectivity index (χ0) is 12.3. The smallest absolute Gasteiger partial charge is 0.468 e. The van der Waals surface area contributed by atoms with E-state index in [1.54, 1.807) is 0 Å². The molecule has 0 atom stereocenters. The molecule has 0 aliphatic rings. The Bertz CT molecular complexity index is 370. The molecule has 2 N–H and O–H groups in total. The fraction of sp³-hybridized carbons (Fsp3) is 0.375. The van der Waals surface area contributed by atoms with Crippen LogP contribution in [-0.2, 0) is 0 Å². The van der Waals surface area contributed by atoms with Crippen LogP contribution in [0.5, 0.6) is 5.88 Å². The number of halogens is 3. The van der Waals surface area contributed by atoms with Gasteiger partial charge in [0.25, 0.3) is 0 Å². The van der Waals surface area contributed by atoms with Crippen LogP contribution in [0.4, 0.5) is 13.2 Å². The summed E-state index contributed by atoms with van der Waals surface area (Å²) in [6.45, 7) is 0.0807. The third-order valence-electron chi connectivity index (χ3n) is 1.79. The second-order valence-electron chi connectivity index (χ2n) is 3.16. The monoisotopic (exact) mass is 235 g/mol. The van der Waals surface area contributed by atoms with Crippen molar-refractivity contribution >= 4 is 12.6 Å². The first-order valence-corrected chi connectivity index (χ1v) is 4.32. The number of aromatic nitrogens is 1. The summed E-state index contributed by atoms with van der Waals surface area (Å²) >= 11 is 0. The van der Waals surface area contributed by atoms with Gasteiger partial charge in [-0.2, -0.15) is 13.2 Å². The third kappa shape index (κ3) is 3.71.